The highest BCUT2D eigenvalue weighted by Gasteiger charge is 2.47. The molecule has 13 nitrogen and oxygen atoms in total. The van der Waals surface area contributed by atoms with E-state index in [4.69, 9.17) is 36.1 Å². The van der Waals surface area contributed by atoms with Gasteiger partial charge >= 0.3 is 0 Å². The largest absolute Gasteiger partial charge is 0.467 e. The maximum absolute atomic E-state index is 12.1. The first-order chi connectivity index (χ1) is 18.2. The van der Waals surface area contributed by atoms with Crippen LogP contribution in [0.1, 0.15) is 26.2 Å². The standard InChI is InChI=1S/C24H45N6O7P/c1-12-10-34-20(6-17(12)28-2)36-23-18(30-19(33)9-31)5-16(26)22(21(23)27)37-24-15(25)4-3-14(35-24)8-29-7-13(32)11-38/h3,11-13,15-18,20-24,28-29,31-32,38H,4-10,25-27H2,1-2H3,(H,30,33)/t12-,13+,15-,16+,17-,18-,20?,21+,22-,23+,24-/m1/s1. The van der Waals surface area contributed by atoms with Crippen LogP contribution in [0, 0.1) is 5.92 Å². The Morgan fingerprint density at radius 1 is 1.24 bits per heavy atom. The Balaban J connectivity index is 1.68. The molecule has 2 heterocycles. The van der Waals surface area contributed by atoms with Crippen LogP contribution in [0.2, 0.25) is 0 Å². The second-order valence-electron chi connectivity index (χ2n) is 10.3. The predicted octanol–water partition coefficient (Wildman–Crippen LogP) is -2.88. The summed E-state index contributed by atoms with van der Waals surface area (Å²) in [7, 11) is 5.06. The summed E-state index contributed by atoms with van der Waals surface area (Å²) in [6.45, 7) is 2.69. The summed E-state index contributed by atoms with van der Waals surface area (Å²) in [5.74, 6) is 1.91. The van der Waals surface area contributed by atoms with Gasteiger partial charge in [-0.3, -0.25) is 4.79 Å². The molecule has 11 atom stereocenters. The van der Waals surface area contributed by atoms with Crippen LogP contribution in [-0.4, -0.2) is 116 Å². The molecule has 218 valence electrons. The molecule has 38 heavy (non-hydrogen) atoms. The lowest BCUT2D eigenvalue weighted by molar-refractivity contribution is -0.238. The van der Waals surface area contributed by atoms with Gasteiger partial charge in [0.2, 0.25) is 12.2 Å². The van der Waals surface area contributed by atoms with Gasteiger partial charge in [0.1, 0.15) is 12.4 Å². The van der Waals surface area contributed by atoms with Gasteiger partial charge in [-0.1, -0.05) is 6.92 Å². The van der Waals surface area contributed by atoms with Crippen molar-refractivity contribution in [2.75, 3.05) is 33.4 Å². The molecule has 0 radical (unpaired) electrons. The zero-order chi connectivity index (χ0) is 27.8. The summed E-state index contributed by atoms with van der Waals surface area (Å²) in [6, 6.07) is -2.09. The highest BCUT2D eigenvalue weighted by atomic mass is 31.0. The molecule has 0 aromatic carbocycles. The fourth-order valence-corrected chi connectivity index (χ4v) is 5.21. The molecule has 1 saturated carbocycles. The molecule has 2 fully saturated rings. The minimum atomic E-state index is -0.795. The Morgan fingerprint density at radius 2 is 2.00 bits per heavy atom. The zero-order valence-corrected chi connectivity index (χ0v) is 23.1. The number of hydrogen-bond donors (Lipinski definition) is 8. The van der Waals surface area contributed by atoms with Crippen molar-refractivity contribution in [2.24, 2.45) is 23.1 Å². The van der Waals surface area contributed by atoms with E-state index in [0.717, 1.165) is 0 Å². The fraction of sp³-hybridized carbons (Fsp3) is 0.833. The van der Waals surface area contributed by atoms with E-state index in [1.54, 1.807) is 0 Å². The normalized spacial score (nSPS) is 38.6. The van der Waals surface area contributed by atoms with Gasteiger partial charge in [0, 0.05) is 25.0 Å². The first-order valence-corrected chi connectivity index (χ1v) is 13.8. The molecule has 3 rings (SSSR count). The molecule has 0 aromatic rings. The number of carbonyl (C=O) groups excluding carboxylic acids is 1. The zero-order valence-electron chi connectivity index (χ0n) is 22.1. The Kier molecular flexibility index (Phi) is 12.3. The van der Waals surface area contributed by atoms with Gasteiger partial charge in [0.15, 0.2) is 6.29 Å². The monoisotopic (exact) mass is 560 g/mol. The third-order valence-electron chi connectivity index (χ3n) is 7.32. The summed E-state index contributed by atoms with van der Waals surface area (Å²) >= 11 is 0. The molecule has 3 aliphatic rings. The average Bonchev–Trinajstić information content (AvgIpc) is 2.90. The second-order valence-corrected chi connectivity index (χ2v) is 10.6. The van der Waals surface area contributed by atoms with E-state index >= 15 is 0 Å². The minimum absolute atomic E-state index is 0.203. The molecule has 11 N–H and O–H groups in total. The van der Waals surface area contributed by atoms with E-state index in [0.29, 0.717) is 50.6 Å². The first-order valence-electron chi connectivity index (χ1n) is 13.2. The molecule has 0 bridgehead atoms. The number of aliphatic hydroxyl groups excluding tert-OH is 2. The number of hydrogen-bond acceptors (Lipinski definition) is 12. The fourth-order valence-electron chi connectivity index (χ4n) is 5.09. The summed E-state index contributed by atoms with van der Waals surface area (Å²) < 4.78 is 24.6. The predicted molar refractivity (Wildman–Crippen MR) is 145 cm³/mol. The number of amides is 1. The topological polar surface area (TPSA) is 209 Å². The van der Waals surface area contributed by atoms with Gasteiger partial charge < -0.3 is 62.3 Å². The molecule has 14 heteroatoms. The third kappa shape index (κ3) is 8.39. The summed E-state index contributed by atoms with van der Waals surface area (Å²) in [6.07, 6.45) is -0.0195. The summed E-state index contributed by atoms with van der Waals surface area (Å²) in [5, 5.41) is 28.1. The lowest BCUT2D eigenvalue weighted by atomic mass is 9.82. The summed E-state index contributed by atoms with van der Waals surface area (Å²) in [5.41, 5.74) is 19.5. The van der Waals surface area contributed by atoms with Gasteiger partial charge in [-0.2, -0.15) is 0 Å². The van der Waals surface area contributed by atoms with Crippen molar-refractivity contribution in [3.63, 3.8) is 0 Å². The Bertz CT molecular complexity index is 810. The smallest absolute Gasteiger partial charge is 0.246 e. The quantitative estimate of drug-likeness (QED) is 0.113. The summed E-state index contributed by atoms with van der Waals surface area (Å²) in [4.78, 5) is 12.1. The average molecular weight is 561 g/mol. The number of nitrogens with one attached hydrogen (secondary N) is 3. The van der Waals surface area contributed by atoms with Crippen LogP contribution in [0.15, 0.2) is 11.8 Å². The van der Waals surface area contributed by atoms with Crippen molar-refractivity contribution in [3.8, 4) is 0 Å². The van der Waals surface area contributed by atoms with Crippen molar-refractivity contribution < 1.29 is 34.0 Å². The van der Waals surface area contributed by atoms with Crippen LogP contribution in [0.3, 0.4) is 0 Å². The van der Waals surface area contributed by atoms with Crippen molar-refractivity contribution in [1.82, 2.24) is 16.0 Å². The first kappa shape index (κ1) is 31.3. The second kappa shape index (κ2) is 15.0. The molecule has 1 saturated heterocycles. The van der Waals surface area contributed by atoms with E-state index in [1.165, 1.54) is 5.80 Å². The number of ether oxygens (including phenoxy) is 4. The van der Waals surface area contributed by atoms with Crippen molar-refractivity contribution in [1.29, 1.82) is 0 Å². The van der Waals surface area contributed by atoms with Crippen LogP contribution in [0.4, 0.5) is 0 Å². The molecular formula is C24H45N6O7P. The Morgan fingerprint density at radius 3 is 2.68 bits per heavy atom. The highest BCUT2D eigenvalue weighted by molar-refractivity contribution is 7.18. The lowest BCUT2D eigenvalue weighted by Crippen LogP contribution is -2.69. The SMILES string of the molecule is CN[C@@H]1CC(O[C@@H]2[C@@H](N)[C@H](O[C@H]3OC(CNC[C@H](O)C=P)=CC[C@H]3N)[C@@H](N)C[C@H]2NC(=O)CO)OC[C@H]1C. The number of rotatable bonds is 12. The van der Waals surface area contributed by atoms with Gasteiger partial charge in [-0.25, -0.2) is 0 Å². The molecule has 0 spiro atoms. The van der Waals surface area contributed by atoms with Crippen LogP contribution in [0.25, 0.3) is 0 Å². The maximum atomic E-state index is 12.1. The molecule has 1 aliphatic carbocycles. The van der Waals surface area contributed by atoms with Crippen LogP contribution >= 0.6 is 8.86 Å². The van der Waals surface area contributed by atoms with E-state index in [9.17, 15) is 15.0 Å². The number of aliphatic hydroxyl groups is 2. The number of carbonyl (C=O) groups is 1. The molecule has 0 aromatic heterocycles. The number of nitrogens with two attached hydrogens (primary N) is 3. The lowest BCUT2D eigenvalue weighted by Gasteiger charge is -2.47. The molecule has 1 unspecified atom stereocenters. The van der Waals surface area contributed by atoms with Gasteiger partial charge in [0.25, 0.3) is 0 Å². The molecular weight excluding hydrogens is 515 g/mol. The van der Waals surface area contributed by atoms with Gasteiger partial charge in [-0.15, -0.1) is 8.86 Å². The molecule has 1 amide bonds. The van der Waals surface area contributed by atoms with Gasteiger partial charge in [-0.05, 0) is 37.7 Å². The van der Waals surface area contributed by atoms with E-state index in [2.05, 4.69) is 31.7 Å². The van der Waals surface area contributed by atoms with Crippen molar-refractivity contribution in [3.05, 3.63) is 11.8 Å². The van der Waals surface area contributed by atoms with Gasteiger partial charge in [0.05, 0.1) is 49.6 Å². The van der Waals surface area contributed by atoms with Crippen molar-refractivity contribution in [2.45, 2.75) is 87.3 Å². The van der Waals surface area contributed by atoms with Crippen molar-refractivity contribution >= 4 is 20.6 Å². The van der Waals surface area contributed by atoms with E-state index in [-0.39, 0.29) is 6.04 Å². The van der Waals surface area contributed by atoms with E-state index < -0.39 is 67.6 Å². The van der Waals surface area contributed by atoms with Crippen LogP contribution in [0.5, 0.6) is 0 Å². The Hall–Kier alpha value is -1.22. The minimum Gasteiger partial charge on any atom is -0.467 e. The maximum Gasteiger partial charge on any atom is 0.246 e. The van der Waals surface area contributed by atoms with Crippen LogP contribution in [-0.2, 0) is 23.7 Å². The van der Waals surface area contributed by atoms with Crippen LogP contribution < -0.4 is 33.2 Å². The Labute approximate surface area is 226 Å². The molecule has 2 aliphatic heterocycles. The third-order valence-corrected chi connectivity index (χ3v) is 7.71. The highest BCUT2D eigenvalue weighted by Crippen LogP contribution is 2.30. The van der Waals surface area contributed by atoms with E-state index in [1.807, 2.05) is 13.1 Å².